The van der Waals surface area contributed by atoms with Crippen LogP contribution in [0.3, 0.4) is 0 Å². The maximum Gasteiger partial charge on any atom is 0.222 e. The van der Waals surface area contributed by atoms with Gasteiger partial charge in [0.05, 0.1) is 6.61 Å². The SMILES string of the molecule is CN=C(NCCCCCC(=O)N1CCN(C(=O)CC(C)C)CC1)NCCOC. The number of carbonyl (C=O) groups excluding carboxylic acids is 2. The highest BCUT2D eigenvalue weighted by Crippen LogP contribution is 2.10. The van der Waals surface area contributed by atoms with Crippen LogP contribution in [0.4, 0.5) is 0 Å². The van der Waals surface area contributed by atoms with Gasteiger partial charge in [0.1, 0.15) is 0 Å². The van der Waals surface area contributed by atoms with Crippen molar-refractivity contribution >= 4 is 17.8 Å². The molecule has 28 heavy (non-hydrogen) atoms. The Morgan fingerprint density at radius 1 is 0.964 bits per heavy atom. The van der Waals surface area contributed by atoms with Gasteiger partial charge in [0.25, 0.3) is 0 Å². The fourth-order valence-corrected chi connectivity index (χ4v) is 3.12. The molecule has 0 aromatic rings. The number of rotatable bonds is 11. The zero-order valence-corrected chi connectivity index (χ0v) is 18.1. The number of hydrogen-bond donors (Lipinski definition) is 2. The lowest BCUT2D eigenvalue weighted by Crippen LogP contribution is -2.50. The highest BCUT2D eigenvalue weighted by atomic mass is 16.5. The van der Waals surface area contributed by atoms with Crippen LogP contribution in [0.2, 0.25) is 0 Å². The van der Waals surface area contributed by atoms with Gasteiger partial charge in [-0.25, -0.2) is 0 Å². The van der Waals surface area contributed by atoms with Crippen molar-refractivity contribution in [3.63, 3.8) is 0 Å². The molecule has 2 amide bonds. The summed E-state index contributed by atoms with van der Waals surface area (Å²) >= 11 is 0. The van der Waals surface area contributed by atoms with Crippen molar-refractivity contribution in [2.45, 2.75) is 46.0 Å². The second kappa shape index (κ2) is 14.2. The van der Waals surface area contributed by atoms with E-state index in [0.717, 1.165) is 38.3 Å². The van der Waals surface area contributed by atoms with Crippen LogP contribution in [0.5, 0.6) is 0 Å². The van der Waals surface area contributed by atoms with Crippen LogP contribution in [0.15, 0.2) is 4.99 Å². The summed E-state index contributed by atoms with van der Waals surface area (Å²) in [5, 5.41) is 6.43. The van der Waals surface area contributed by atoms with Gasteiger partial charge in [-0.1, -0.05) is 20.3 Å². The minimum Gasteiger partial charge on any atom is -0.383 e. The minimum atomic E-state index is 0.209. The maximum atomic E-state index is 12.4. The summed E-state index contributed by atoms with van der Waals surface area (Å²) < 4.78 is 5.00. The van der Waals surface area contributed by atoms with Gasteiger partial charge in [-0.3, -0.25) is 14.6 Å². The Balaban J connectivity index is 2.10. The van der Waals surface area contributed by atoms with Crippen LogP contribution in [0, 0.1) is 5.92 Å². The van der Waals surface area contributed by atoms with Crippen LogP contribution in [0.25, 0.3) is 0 Å². The van der Waals surface area contributed by atoms with E-state index >= 15 is 0 Å². The van der Waals surface area contributed by atoms with Gasteiger partial charge in [-0.05, 0) is 18.8 Å². The Labute approximate surface area is 170 Å². The number of unbranched alkanes of at least 4 members (excludes halogenated alkanes) is 2. The zero-order valence-electron chi connectivity index (χ0n) is 18.1. The molecule has 8 nitrogen and oxygen atoms in total. The standard InChI is InChI=1S/C20H39N5O3/c1-17(2)16-19(27)25-13-11-24(12-14-25)18(26)8-6-5-7-9-22-20(21-3)23-10-15-28-4/h17H,5-16H2,1-4H3,(H2,21,22,23). The topological polar surface area (TPSA) is 86.3 Å². The molecule has 1 aliphatic rings. The molecule has 0 saturated carbocycles. The Morgan fingerprint density at radius 3 is 2.14 bits per heavy atom. The molecule has 0 aromatic carbocycles. The lowest BCUT2D eigenvalue weighted by Gasteiger charge is -2.35. The maximum absolute atomic E-state index is 12.4. The molecule has 0 aliphatic carbocycles. The summed E-state index contributed by atoms with van der Waals surface area (Å²) in [4.78, 5) is 32.4. The number of hydrogen-bond acceptors (Lipinski definition) is 4. The molecule has 1 heterocycles. The van der Waals surface area contributed by atoms with Crippen molar-refractivity contribution in [2.75, 3.05) is 60.0 Å². The molecule has 0 aromatic heterocycles. The van der Waals surface area contributed by atoms with E-state index in [2.05, 4.69) is 29.5 Å². The van der Waals surface area contributed by atoms with Gasteiger partial charge >= 0.3 is 0 Å². The van der Waals surface area contributed by atoms with E-state index in [1.165, 1.54) is 0 Å². The van der Waals surface area contributed by atoms with Crippen LogP contribution in [0.1, 0.15) is 46.0 Å². The summed E-state index contributed by atoms with van der Waals surface area (Å²) in [6.45, 7) is 8.96. The number of amides is 2. The van der Waals surface area contributed by atoms with Gasteiger partial charge in [0.15, 0.2) is 5.96 Å². The van der Waals surface area contributed by atoms with E-state index in [4.69, 9.17) is 4.74 Å². The van der Waals surface area contributed by atoms with Gasteiger partial charge in [0.2, 0.25) is 11.8 Å². The van der Waals surface area contributed by atoms with Crippen molar-refractivity contribution in [2.24, 2.45) is 10.9 Å². The first kappa shape index (κ1) is 24.2. The Morgan fingerprint density at radius 2 is 1.57 bits per heavy atom. The fraction of sp³-hybridized carbons (Fsp3) is 0.850. The average molecular weight is 398 g/mol. The van der Waals surface area contributed by atoms with Gasteiger partial charge < -0.3 is 25.2 Å². The smallest absolute Gasteiger partial charge is 0.222 e. The molecule has 0 unspecified atom stereocenters. The molecule has 1 rings (SSSR count). The summed E-state index contributed by atoms with van der Waals surface area (Å²) in [5.74, 6) is 1.57. The molecule has 1 saturated heterocycles. The summed E-state index contributed by atoms with van der Waals surface area (Å²) in [6.07, 6.45) is 4.06. The third-order valence-electron chi connectivity index (χ3n) is 4.75. The van der Waals surface area contributed by atoms with Crippen LogP contribution in [-0.2, 0) is 14.3 Å². The third kappa shape index (κ3) is 9.92. The molecule has 0 atom stereocenters. The molecular formula is C20H39N5O3. The predicted octanol–water partition coefficient (Wildman–Crippen LogP) is 1.08. The number of nitrogens with zero attached hydrogens (tertiary/aromatic N) is 3. The highest BCUT2D eigenvalue weighted by molar-refractivity contribution is 5.79. The van der Waals surface area contributed by atoms with E-state index in [1.807, 2.05) is 9.80 Å². The summed E-state index contributed by atoms with van der Waals surface area (Å²) in [7, 11) is 3.42. The van der Waals surface area contributed by atoms with E-state index in [-0.39, 0.29) is 11.8 Å². The lowest BCUT2D eigenvalue weighted by atomic mass is 10.1. The largest absolute Gasteiger partial charge is 0.383 e. The molecule has 0 bridgehead atoms. The number of guanidine groups is 1. The summed E-state index contributed by atoms with van der Waals surface area (Å²) in [5.41, 5.74) is 0. The van der Waals surface area contributed by atoms with E-state index < -0.39 is 0 Å². The van der Waals surface area contributed by atoms with Gasteiger partial charge in [0, 0.05) is 66.3 Å². The van der Waals surface area contributed by atoms with Crippen molar-refractivity contribution < 1.29 is 14.3 Å². The number of ether oxygens (including phenoxy) is 1. The second-order valence-corrected chi connectivity index (χ2v) is 7.59. The molecule has 0 radical (unpaired) electrons. The second-order valence-electron chi connectivity index (χ2n) is 7.59. The number of piperazine rings is 1. The average Bonchev–Trinajstić information content (AvgIpc) is 2.68. The van der Waals surface area contributed by atoms with E-state index in [0.29, 0.717) is 51.5 Å². The van der Waals surface area contributed by atoms with Crippen LogP contribution >= 0.6 is 0 Å². The Hall–Kier alpha value is -1.83. The number of methoxy groups -OCH3 is 1. The van der Waals surface area contributed by atoms with Crippen LogP contribution < -0.4 is 10.6 Å². The first-order valence-corrected chi connectivity index (χ1v) is 10.5. The Bertz CT molecular complexity index is 488. The van der Waals surface area contributed by atoms with Gasteiger partial charge in [-0.15, -0.1) is 0 Å². The highest BCUT2D eigenvalue weighted by Gasteiger charge is 2.23. The van der Waals surface area contributed by atoms with Crippen molar-refractivity contribution in [3.8, 4) is 0 Å². The molecule has 2 N–H and O–H groups in total. The molecule has 0 spiro atoms. The first-order chi connectivity index (χ1) is 13.5. The van der Waals surface area contributed by atoms with Crippen molar-refractivity contribution in [3.05, 3.63) is 0 Å². The predicted molar refractivity (Wildman–Crippen MR) is 112 cm³/mol. The number of carbonyl (C=O) groups is 2. The lowest BCUT2D eigenvalue weighted by molar-refractivity contribution is -0.140. The van der Waals surface area contributed by atoms with E-state index in [1.54, 1.807) is 14.2 Å². The van der Waals surface area contributed by atoms with Crippen LogP contribution in [-0.4, -0.2) is 87.6 Å². The van der Waals surface area contributed by atoms with Gasteiger partial charge in [-0.2, -0.15) is 0 Å². The normalized spacial score (nSPS) is 15.1. The third-order valence-corrected chi connectivity index (χ3v) is 4.75. The Kier molecular flexibility index (Phi) is 12.3. The molecule has 8 heteroatoms. The van der Waals surface area contributed by atoms with Crippen molar-refractivity contribution in [1.82, 2.24) is 20.4 Å². The monoisotopic (exact) mass is 397 g/mol. The number of aliphatic imine (C=N–C) groups is 1. The molecule has 162 valence electrons. The van der Waals surface area contributed by atoms with E-state index in [9.17, 15) is 9.59 Å². The molecule has 1 fully saturated rings. The summed E-state index contributed by atoms with van der Waals surface area (Å²) in [6, 6.07) is 0. The van der Waals surface area contributed by atoms with Crippen molar-refractivity contribution in [1.29, 1.82) is 0 Å². The molecular weight excluding hydrogens is 358 g/mol. The molecule has 1 aliphatic heterocycles. The minimum absolute atomic E-state index is 0.209. The first-order valence-electron chi connectivity index (χ1n) is 10.5. The quantitative estimate of drug-likeness (QED) is 0.309. The number of nitrogens with one attached hydrogen (secondary N) is 2. The fourth-order valence-electron chi connectivity index (χ4n) is 3.12. The zero-order chi connectivity index (χ0) is 20.8.